The zero-order chi connectivity index (χ0) is 20.8. The zero-order valence-corrected chi connectivity index (χ0v) is 17.5. The number of rotatable bonds is 10. The summed E-state index contributed by atoms with van der Waals surface area (Å²) in [5.74, 6) is -0.541. The van der Waals surface area contributed by atoms with E-state index in [2.05, 4.69) is 12.6 Å². The number of carboxylic acid groups (broad SMARTS) is 1. The summed E-state index contributed by atoms with van der Waals surface area (Å²) in [5.41, 5.74) is 1.08. The fraction of sp³-hybridized carbons (Fsp3) is 0.458. The summed E-state index contributed by atoms with van der Waals surface area (Å²) < 4.78 is 1.16. The van der Waals surface area contributed by atoms with Gasteiger partial charge in [-0.25, -0.2) is 0 Å². The number of hydrogen-bond donors (Lipinski definition) is 3. The molecule has 0 amide bonds. The van der Waals surface area contributed by atoms with Gasteiger partial charge in [-0.15, -0.1) is 11.3 Å². The molecule has 0 bridgehead atoms. The summed E-state index contributed by atoms with van der Waals surface area (Å²) in [6, 6.07) is 10.1. The zero-order valence-electron chi connectivity index (χ0n) is 16.7. The molecule has 0 unspecified atom stereocenters. The summed E-state index contributed by atoms with van der Waals surface area (Å²) in [4.78, 5) is 11.5. The quantitative estimate of drug-likeness (QED) is 0.356. The molecule has 3 N–H and O–H groups in total. The third kappa shape index (κ3) is 5.78. The van der Waals surface area contributed by atoms with Crippen LogP contribution in [0.25, 0.3) is 10.1 Å². The van der Waals surface area contributed by atoms with Gasteiger partial charge >= 0.3 is 5.97 Å². The van der Waals surface area contributed by atoms with Crippen LogP contribution in [0, 0.1) is 11.8 Å². The third-order valence-electron chi connectivity index (χ3n) is 5.81. The highest BCUT2D eigenvalue weighted by atomic mass is 32.1. The number of hydrogen-bond acceptors (Lipinski definition) is 4. The Morgan fingerprint density at radius 1 is 1.24 bits per heavy atom. The van der Waals surface area contributed by atoms with Gasteiger partial charge in [-0.05, 0) is 42.7 Å². The van der Waals surface area contributed by atoms with Crippen molar-refractivity contribution in [3.05, 3.63) is 59.5 Å². The van der Waals surface area contributed by atoms with Gasteiger partial charge in [0.15, 0.2) is 0 Å². The lowest BCUT2D eigenvalue weighted by Gasteiger charge is -2.19. The van der Waals surface area contributed by atoms with Gasteiger partial charge in [-0.2, -0.15) is 0 Å². The highest BCUT2D eigenvalue weighted by molar-refractivity contribution is 7.19. The number of thiophene rings is 1. The van der Waals surface area contributed by atoms with E-state index < -0.39 is 18.2 Å². The molecule has 156 valence electrons. The van der Waals surface area contributed by atoms with E-state index in [-0.39, 0.29) is 18.3 Å². The number of carbonyl (C=O) groups is 1. The van der Waals surface area contributed by atoms with Gasteiger partial charge in [0.2, 0.25) is 0 Å². The first-order valence-corrected chi connectivity index (χ1v) is 11.2. The summed E-state index contributed by atoms with van der Waals surface area (Å²) in [5, 5.41) is 30.9. The average Bonchev–Trinajstić information content (AvgIpc) is 3.23. The molecule has 1 fully saturated rings. The van der Waals surface area contributed by atoms with Crippen LogP contribution in [0.2, 0.25) is 0 Å². The fourth-order valence-corrected chi connectivity index (χ4v) is 5.26. The molecule has 5 heteroatoms. The summed E-state index contributed by atoms with van der Waals surface area (Å²) in [7, 11) is 0. The Balaban J connectivity index is 1.56. The Bertz CT molecular complexity index is 836. The Labute approximate surface area is 176 Å². The molecule has 2 aromatic rings. The number of unbranched alkanes of at least 4 members (excludes halogenated alkanes) is 3. The van der Waals surface area contributed by atoms with E-state index in [1.54, 1.807) is 17.4 Å². The number of aliphatic hydroxyl groups is 2. The van der Waals surface area contributed by atoms with E-state index in [0.29, 0.717) is 12.8 Å². The predicted octanol–water partition coefficient (Wildman–Crippen LogP) is 5.47. The maximum Gasteiger partial charge on any atom is 0.303 e. The Morgan fingerprint density at radius 2 is 2.00 bits per heavy atom. The van der Waals surface area contributed by atoms with Crippen LogP contribution in [0.4, 0.5) is 0 Å². The summed E-state index contributed by atoms with van der Waals surface area (Å²) in [6.07, 6.45) is 8.05. The van der Waals surface area contributed by atoms with Crippen LogP contribution in [0.1, 0.15) is 55.9 Å². The van der Waals surface area contributed by atoms with Crippen molar-refractivity contribution in [1.29, 1.82) is 0 Å². The molecule has 0 radical (unpaired) electrons. The van der Waals surface area contributed by atoms with E-state index in [4.69, 9.17) is 5.11 Å². The SMILES string of the molecule is C=C1C[C@@H](O)[C@@H](C=C[C@@H](O)c2cc3ccccc3s2)[C@H]1CCCCCCC(=O)O. The topological polar surface area (TPSA) is 77.8 Å². The highest BCUT2D eigenvalue weighted by Crippen LogP contribution is 2.41. The molecule has 1 aromatic heterocycles. The van der Waals surface area contributed by atoms with Crippen molar-refractivity contribution in [2.45, 2.75) is 57.2 Å². The molecule has 0 spiro atoms. The van der Waals surface area contributed by atoms with Crippen molar-refractivity contribution in [2.75, 3.05) is 0 Å². The van der Waals surface area contributed by atoms with Crippen molar-refractivity contribution in [3.63, 3.8) is 0 Å². The van der Waals surface area contributed by atoms with Gasteiger partial charge in [0, 0.05) is 21.9 Å². The van der Waals surface area contributed by atoms with Gasteiger partial charge in [0.1, 0.15) is 6.10 Å². The van der Waals surface area contributed by atoms with Crippen molar-refractivity contribution >= 4 is 27.4 Å². The Hall–Kier alpha value is -1.95. The maximum absolute atomic E-state index is 10.6. The van der Waals surface area contributed by atoms with Crippen molar-refractivity contribution in [1.82, 2.24) is 0 Å². The molecule has 1 aromatic carbocycles. The molecule has 29 heavy (non-hydrogen) atoms. The lowest BCUT2D eigenvalue weighted by molar-refractivity contribution is -0.137. The van der Waals surface area contributed by atoms with Crippen molar-refractivity contribution in [2.24, 2.45) is 11.8 Å². The molecule has 4 atom stereocenters. The summed E-state index contributed by atoms with van der Waals surface area (Å²) >= 11 is 1.59. The van der Waals surface area contributed by atoms with E-state index in [9.17, 15) is 15.0 Å². The van der Waals surface area contributed by atoms with Crippen molar-refractivity contribution < 1.29 is 20.1 Å². The van der Waals surface area contributed by atoms with Gasteiger partial charge in [-0.3, -0.25) is 4.79 Å². The molecule has 4 nitrogen and oxygen atoms in total. The third-order valence-corrected chi connectivity index (χ3v) is 7.00. The first kappa shape index (κ1) is 21.8. The highest BCUT2D eigenvalue weighted by Gasteiger charge is 2.35. The van der Waals surface area contributed by atoms with E-state index in [1.165, 1.54) is 0 Å². The van der Waals surface area contributed by atoms with Crippen LogP contribution >= 0.6 is 11.3 Å². The normalized spacial score (nSPS) is 23.2. The molecule has 3 rings (SSSR count). The van der Waals surface area contributed by atoms with Crippen LogP contribution in [-0.2, 0) is 4.79 Å². The van der Waals surface area contributed by atoms with Gasteiger partial charge < -0.3 is 15.3 Å². The second-order valence-electron chi connectivity index (χ2n) is 7.98. The molecule has 1 aliphatic carbocycles. The number of aliphatic hydroxyl groups excluding tert-OH is 2. The minimum Gasteiger partial charge on any atom is -0.481 e. The molecule has 1 heterocycles. The monoisotopic (exact) mass is 414 g/mol. The number of fused-ring (bicyclic) bond motifs is 1. The van der Waals surface area contributed by atoms with E-state index in [0.717, 1.165) is 46.2 Å². The lowest BCUT2D eigenvalue weighted by atomic mass is 9.87. The van der Waals surface area contributed by atoms with Crippen molar-refractivity contribution in [3.8, 4) is 0 Å². The predicted molar refractivity (Wildman–Crippen MR) is 118 cm³/mol. The Kier molecular flexibility index (Phi) is 7.64. The Morgan fingerprint density at radius 3 is 2.76 bits per heavy atom. The molecular formula is C24H30O4S. The minimum atomic E-state index is -0.736. The largest absolute Gasteiger partial charge is 0.481 e. The first-order chi connectivity index (χ1) is 14.0. The maximum atomic E-state index is 10.6. The minimum absolute atomic E-state index is 0.0226. The average molecular weight is 415 g/mol. The lowest BCUT2D eigenvalue weighted by Crippen LogP contribution is -2.17. The smallest absolute Gasteiger partial charge is 0.303 e. The molecule has 0 aliphatic heterocycles. The molecule has 0 saturated heterocycles. The van der Waals surface area contributed by atoms with Gasteiger partial charge in [-0.1, -0.05) is 61.8 Å². The molecule has 1 saturated carbocycles. The number of aliphatic carboxylic acids is 1. The van der Waals surface area contributed by atoms with Crippen LogP contribution in [0.3, 0.4) is 0 Å². The van der Waals surface area contributed by atoms with Gasteiger partial charge in [0.25, 0.3) is 0 Å². The van der Waals surface area contributed by atoms with Crippen LogP contribution in [0.15, 0.2) is 54.6 Å². The van der Waals surface area contributed by atoms with Crippen LogP contribution in [-0.4, -0.2) is 27.4 Å². The number of carboxylic acids is 1. The first-order valence-electron chi connectivity index (χ1n) is 10.4. The van der Waals surface area contributed by atoms with Crippen LogP contribution in [0.5, 0.6) is 0 Å². The summed E-state index contributed by atoms with van der Waals surface area (Å²) in [6.45, 7) is 4.16. The van der Waals surface area contributed by atoms with E-state index in [1.807, 2.05) is 30.3 Å². The number of benzene rings is 1. The van der Waals surface area contributed by atoms with Gasteiger partial charge in [0.05, 0.1) is 6.10 Å². The second kappa shape index (κ2) is 10.2. The second-order valence-corrected chi connectivity index (χ2v) is 9.09. The molecular weight excluding hydrogens is 384 g/mol. The standard InChI is InChI=1S/C24H30O4S/c1-16-14-21(26)19(18(16)9-4-2-3-5-11-24(27)28)12-13-20(25)23-15-17-8-6-7-10-22(17)29-23/h6-8,10,12-13,15,18-21,25-26H,1-5,9,11,14H2,(H,27,28)/t18-,19-,20+,21+/m0/s1. The fourth-order valence-electron chi connectivity index (χ4n) is 4.23. The molecule has 1 aliphatic rings. The van der Waals surface area contributed by atoms with E-state index >= 15 is 0 Å². The van der Waals surface area contributed by atoms with Crippen LogP contribution < -0.4 is 0 Å².